The number of benzene rings is 3. The van der Waals surface area contributed by atoms with E-state index < -0.39 is 122 Å². The van der Waals surface area contributed by atoms with Crippen LogP contribution in [0, 0.1) is 17.5 Å². The van der Waals surface area contributed by atoms with Gasteiger partial charge in [0.05, 0.1) is 21.5 Å². The fourth-order valence-corrected chi connectivity index (χ4v) is 7.19. The van der Waals surface area contributed by atoms with Crippen LogP contribution in [0.15, 0.2) is 30.3 Å². The van der Waals surface area contributed by atoms with Crippen LogP contribution in [-0.4, -0.2) is 115 Å². The Bertz CT molecular complexity index is 2130. The van der Waals surface area contributed by atoms with Gasteiger partial charge in [-0.3, -0.25) is 9.59 Å². The largest absolute Gasteiger partial charge is 0.547 e. The Balaban J connectivity index is 1.17. The van der Waals surface area contributed by atoms with E-state index in [9.17, 15) is 62.6 Å². The molecule has 0 radical (unpaired) electrons. The minimum Gasteiger partial charge on any atom is -0.534 e. The molecule has 55 heavy (non-hydrogen) atoms. The van der Waals surface area contributed by atoms with Gasteiger partial charge in [0.1, 0.15) is 34.7 Å². The van der Waals surface area contributed by atoms with Crippen molar-refractivity contribution in [1.82, 2.24) is 25.3 Å². The fourth-order valence-electron chi connectivity index (χ4n) is 6.70. The van der Waals surface area contributed by atoms with Gasteiger partial charge in [-0.2, -0.15) is 0 Å². The van der Waals surface area contributed by atoms with Crippen molar-refractivity contribution in [3.8, 4) is 23.0 Å². The quantitative estimate of drug-likeness (QED) is 0.135. The Morgan fingerprint density at radius 1 is 0.891 bits per heavy atom. The molecule has 6 rings (SSSR count). The molecule has 7 N–H and O–H groups in total. The molecule has 0 spiro atoms. The molecule has 2 unspecified atom stereocenters. The number of urea groups is 2. The van der Waals surface area contributed by atoms with Crippen molar-refractivity contribution in [1.29, 1.82) is 0 Å². The molecule has 3 aromatic carbocycles. The molecule has 2 atom stereocenters. The van der Waals surface area contributed by atoms with Crippen LogP contribution in [0.5, 0.6) is 23.0 Å². The highest BCUT2D eigenvalue weighted by Crippen LogP contribution is 2.41. The second kappa shape index (κ2) is 15.3. The van der Waals surface area contributed by atoms with Crippen molar-refractivity contribution in [3.05, 3.63) is 80.1 Å². The molecule has 16 nitrogen and oxygen atoms in total. The number of carboxylic acid groups (broad SMARTS) is 1. The second-order valence-electron chi connectivity index (χ2n) is 12.8. The number of aromatic hydroxyl groups is 3. The number of fused-ring (bicyclic) bond motifs is 1. The van der Waals surface area contributed by atoms with Crippen LogP contribution in [0.1, 0.15) is 50.7 Å². The first-order chi connectivity index (χ1) is 26.0. The number of halogens is 5. The van der Waals surface area contributed by atoms with E-state index in [4.69, 9.17) is 27.9 Å². The molecular formula is C33H29BCl2F3N5O11. The lowest BCUT2D eigenvalue weighted by atomic mass is 9.72. The lowest BCUT2D eigenvalue weighted by Crippen LogP contribution is -2.56. The summed E-state index contributed by atoms with van der Waals surface area (Å²) in [6, 6.07) is 0.0188. The van der Waals surface area contributed by atoms with E-state index in [0.29, 0.717) is 6.07 Å². The number of amides is 6. The summed E-state index contributed by atoms with van der Waals surface area (Å²) in [7, 11) is -1.96. The van der Waals surface area contributed by atoms with Gasteiger partial charge < -0.3 is 50.5 Å². The molecule has 2 fully saturated rings. The number of carbonyl (C=O) groups excluding carboxylic acids is 4. The molecule has 3 aliphatic heterocycles. The molecule has 22 heteroatoms. The first-order valence-corrected chi connectivity index (χ1v) is 17.2. The summed E-state index contributed by atoms with van der Waals surface area (Å²) < 4.78 is 48.6. The highest BCUT2D eigenvalue weighted by Gasteiger charge is 2.43. The number of phenolic OH excluding ortho intramolecular Hbond substituents is 3. The molecule has 3 aromatic rings. The third kappa shape index (κ3) is 7.31. The molecule has 3 heterocycles. The van der Waals surface area contributed by atoms with Crippen LogP contribution in [0.25, 0.3) is 0 Å². The number of carboxylic acids is 1. The smallest absolute Gasteiger partial charge is 0.534 e. The highest BCUT2D eigenvalue weighted by molar-refractivity contribution is 6.47. The molecule has 290 valence electrons. The van der Waals surface area contributed by atoms with E-state index >= 15 is 0 Å². The molecule has 2 saturated heterocycles. The third-order valence-corrected chi connectivity index (χ3v) is 10.3. The average Bonchev–Trinajstić information content (AvgIpc) is 3.54. The first kappa shape index (κ1) is 39.1. The molecule has 0 aliphatic carbocycles. The second-order valence-corrected chi connectivity index (χ2v) is 13.5. The maximum atomic E-state index is 14.7. The van der Waals surface area contributed by atoms with Gasteiger partial charge >= 0.3 is 25.1 Å². The number of imide groups is 1. The number of carbonyl (C=O) groups is 5. The van der Waals surface area contributed by atoms with Gasteiger partial charge in [0, 0.05) is 37.8 Å². The van der Waals surface area contributed by atoms with Gasteiger partial charge in [-0.15, -0.1) is 0 Å². The molecule has 3 aliphatic rings. The standard InChI is InChI=1S/C33H29BCl2F3N5O11/c35-23-15(12-18(39)26(46)27(23)47)25(29(48)40-20-11-13-1-2-17(38)22(31(50)51)28(13)55-34(20)54)41-32(52)44-10-9-43(33(44)53)14-5-7-42(8-6-14)30(49)21-16(37)3-4-19(45)24(21)36/h1-4,12,14,20,25,45-47,54H,5-11H2,(H,40,48)(H,41,52)(H,50,51). The number of phenols is 3. The Kier molecular flexibility index (Phi) is 10.9. The van der Waals surface area contributed by atoms with Crippen molar-refractivity contribution in [2.24, 2.45) is 0 Å². The van der Waals surface area contributed by atoms with E-state index in [-0.39, 0.29) is 51.0 Å². The van der Waals surface area contributed by atoms with E-state index in [1.54, 1.807) is 0 Å². The predicted molar refractivity (Wildman–Crippen MR) is 184 cm³/mol. The van der Waals surface area contributed by atoms with Crippen molar-refractivity contribution in [3.63, 3.8) is 0 Å². The maximum Gasteiger partial charge on any atom is 0.547 e. The summed E-state index contributed by atoms with van der Waals surface area (Å²) in [6.07, 6.45) is 0.118. The number of hydrogen-bond donors (Lipinski definition) is 7. The van der Waals surface area contributed by atoms with E-state index in [1.807, 2.05) is 0 Å². The van der Waals surface area contributed by atoms with Gasteiger partial charge in [0.25, 0.3) is 5.91 Å². The third-order valence-electron chi connectivity index (χ3n) is 9.55. The number of nitrogens with one attached hydrogen (secondary N) is 2. The van der Waals surface area contributed by atoms with Crippen LogP contribution < -0.4 is 15.3 Å². The Labute approximate surface area is 318 Å². The topological polar surface area (TPSA) is 230 Å². The highest BCUT2D eigenvalue weighted by atomic mass is 35.5. The fraction of sp³-hybridized carbons (Fsp3) is 0.303. The number of nitrogens with zero attached hydrogens (tertiary/aromatic N) is 3. The van der Waals surface area contributed by atoms with Gasteiger partial charge in [-0.05, 0) is 49.1 Å². The maximum absolute atomic E-state index is 14.7. The van der Waals surface area contributed by atoms with Crippen LogP contribution in [0.4, 0.5) is 22.8 Å². The van der Waals surface area contributed by atoms with Crippen LogP contribution >= 0.6 is 23.2 Å². The summed E-state index contributed by atoms with van der Waals surface area (Å²) in [6.45, 7) is -0.0433. The van der Waals surface area contributed by atoms with Crippen LogP contribution in [0.3, 0.4) is 0 Å². The lowest BCUT2D eigenvalue weighted by molar-refractivity contribution is -0.123. The molecule has 0 aromatic heterocycles. The summed E-state index contributed by atoms with van der Waals surface area (Å²) >= 11 is 12.1. The zero-order valence-corrected chi connectivity index (χ0v) is 29.6. The molecular weight excluding hydrogens is 781 g/mol. The minimum atomic E-state index is -2.00. The molecule has 6 amide bonds. The Morgan fingerprint density at radius 2 is 1.55 bits per heavy atom. The number of likely N-dealkylation sites (tertiary alicyclic amines) is 1. The molecule has 0 bridgehead atoms. The zero-order chi connectivity index (χ0) is 40.0. The Hall–Kier alpha value is -5.60. The number of piperidine rings is 1. The Morgan fingerprint density at radius 3 is 2.22 bits per heavy atom. The average molecular weight is 810 g/mol. The van der Waals surface area contributed by atoms with E-state index in [0.717, 1.165) is 23.1 Å². The van der Waals surface area contributed by atoms with Crippen LogP contribution in [0.2, 0.25) is 10.0 Å². The number of rotatable bonds is 7. The lowest BCUT2D eigenvalue weighted by Gasteiger charge is -2.36. The van der Waals surface area contributed by atoms with Crippen LogP contribution in [-0.2, 0) is 11.2 Å². The van der Waals surface area contributed by atoms with E-state index in [2.05, 4.69) is 10.6 Å². The SMILES string of the molecule is O=C(O)c1c(F)ccc2c1OB(O)C(NC(=O)C(NC(=O)N1CCN(C3CCN(C(=O)c4c(F)ccc(O)c4Cl)CC3)C1=O)c1cc(F)c(O)c(O)c1Cl)C2. The van der Waals surface area contributed by atoms with Gasteiger partial charge in [-0.1, -0.05) is 29.3 Å². The summed E-state index contributed by atoms with van der Waals surface area (Å²) in [5.74, 6) is -11.9. The molecule has 0 saturated carbocycles. The predicted octanol–water partition coefficient (Wildman–Crippen LogP) is 3.16. The van der Waals surface area contributed by atoms with Crippen molar-refractivity contribution in [2.75, 3.05) is 26.2 Å². The number of aromatic carboxylic acids is 1. The zero-order valence-electron chi connectivity index (χ0n) is 28.1. The minimum absolute atomic E-state index is 0.0219. The van der Waals surface area contributed by atoms with Crippen molar-refractivity contribution >= 4 is 60.2 Å². The normalized spacial score (nSPS) is 17.8. The van der Waals surface area contributed by atoms with Gasteiger partial charge in [0.2, 0.25) is 5.91 Å². The monoisotopic (exact) mass is 809 g/mol. The van der Waals surface area contributed by atoms with Gasteiger partial charge in [0.15, 0.2) is 17.3 Å². The summed E-state index contributed by atoms with van der Waals surface area (Å²) in [5, 5.41) is 53.5. The van der Waals surface area contributed by atoms with Crippen molar-refractivity contribution < 1.29 is 67.2 Å². The van der Waals surface area contributed by atoms with Gasteiger partial charge in [-0.25, -0.2) is 32.5 Å². The summed E-state index contributed by atoms with van der Waals surface area (Å²) in [4.78, 5) is 69.0. The van der Waals surface area contributed by atoms with Crippen molar-refractivity contribution in [2.45, 2.75) is 37.3 Å². The van der Waals surface area contributed by atoms with E-state index in [1.165, 1.54) is 15.9 Å². The summed E-state index contributed by atoms with van der Waals surface area (Å²) in [5.41, 5.74) is -1.86. The number of hydrogen-bond acceptors (Lipinski definition) is 10. The first-order valence-electron chi connectivity index (χ1n) is 16.4.